The SMILES string of the molecule is CCCCCCCCc1ccc(OCCOCCOCCOCCS(=O)(=O)[O-])cc1.[Na+]. The van der Waals surface area contributed by atoms with Gasteiger partial charge in [0.05, 0.1) is 55.5 Å². The molecular formula is C22H37NaO7S. The molecule has 0 saturated heterocycles. The molecule has 0 saturated carbocycles. The van der Waals surface area contributed by atoms with Crippen LogP contribution in [0.25, 0.3) is 0 Å². The van der Waals surface area contributed by atoms with Gasteiger partial charge in [-0.05, 0) is 30.5 Å². The maximum atomic E-state index is 10.4. The second-order valence-electron chi connectivity index (χ2n) is 7.11. The molecule has 0 spiro atoms. The first-order valence-corrected chi connectivity index (χ1v) is 12.5. The molecule has 0 aliphatic carbocycles. The third kappa shape index (κ3) is 20.2. The fraction of sp³-hybridized carbons (Fsp3) is 0.727. The normalized spacial score (nSPS) is 11.3. The van der Waals surface area contributed by atoms with Crippen LogP contribution in [0.4, 0.5) is 0 Å². The minimum atomic E-state index is -4.21. The van der Waals surface area contributed by atoms with Gasteiger partial charge in [0.25, 0.3) is 0 Å². The first-order valence-electron chi connectivity index (χ1n) is 10.9. The topological polar surface area (TPSA) is 94.1 Å². The maximum Gasteiger partial charge on any atom is 1.00 e. The van der Waals surface area contributed by atoms with E-state index in [2.05, 4.69) is 19.1 Å². The second-order valence-corrected chi connectivity index (χ2v) is 8.63. The summed E-state index contributed by atoms with van der Waals surface area (Å²) in [5.74, 6) is 0.330. The van der Waals surface area contributed by atoms with Gasteiger partial charge in [-0.2, -0.15) is 0 Å². The molecule has 1 aromatic carbocycles. The molecule has 0 aromatic heterocycles. The molecule has 174 valence electrons. The van der Waals surface area contributed by atoms with Crippen molar-refractivity contribution in [2.75, 3.05) is 52.0 Å². The van der Waals surface area contributed by atoms with Gasteiger partial charge >= 0.3 is 29.6 Å². The van der Waals surface area contributed by atoms with E-state index in [1.54, 1.807) is 0 Å². The maximum absolute atomic E-state index is 10.4. The Morgan fingerprint density at radius 3 is 1.84 bits per heavy atom. The monoisotopic (exact) mass is 468 g/mol. The van der Waals surface area contributed by atoms with Gasteiger partial charge in [0.2, 0.25) is 0 Å². The Morgan fingerprint density at radius 1 is 0.742 bits per heavy atom. The molecule has 0 bridgehead atoms. The van der Waals surface area contributed by atoms with Gasteiger partial charge in [-0.15, -0.1) is 0 Å². The third-order valence-electron chi connectivity index (χ3n) is 4.46. The van der Waals surface area contributed by atoms with Crippen LogP contribution >= 0.6 is 0 Å². The molecule has 1 rings (SSSR count). The summed E-state index contributed by atoms with van der Waals surface area (Å²) in [6.07, 6.45) is 8.99. The number of benzene rings is 1. The van der Waals surface area contributed by atoms with Crippen molar-refractivity contribution >= 4 is 10.1 Å². The number of ether oxygens (including phenoxy) is 4. The molecule has 31 heavy (non-hydrogen) atoms. The standard InChI is InChI=1S/C22H38O7S.Na/c1-2-3-4-5-6-7-8-21-9-11-22(12-10-21)29-18-17-27-14-13-26-15-16-28-19-20-30(23,24)25;/h9-12H,2-8,13-20H2,1H3,(H,23,24,25);/q;+1/p-1. The van der Waals surface area contributed by atoms with Crippen LogP contribution in [0.2, 0.25) is 0 Å². The van der Waals surface area contributed by atoms with E-state index in [1.807, 2.05) is 12.1 Å². The average molecular weight is 469 g/mol. The summed E-state index contributed by atoms with van der Waals surface area (Å²) in [6.45, 7) is 4.50. The molecule has 0 heterocycles. The van der Waals surface area contributed by atoms with E-state index in [0.717, 1.165) is 12.2 Å². The van der Waals surface area contributed by atoms with Gasteiger partial charge in [-0.25, -0.2) is 8.42 Å². The van der Waals surface area contributed by atoms with Crippen LogP contribution in [0, 0.1) is 0 Å². The molecule has 9 heteroatoms. The van der Waals surface area contributed by atoms with Crippen molar-refractivity contribution in [3.05, 3.63) is 29.8 Å². The van der Waals surface area contributed by atoms with E-state index < -0.39 is 15.9 Å². The second kappa shape index (κ2) is 20.4. The predicted molar refractivity (Wildman–Crippen MR) is 116 cm³/mol. The van der Waals surface area contributed by atoms with Gasteiger partial charge in [0, 0.05) is 0 Å². The van der Waals surface area contributed by atoms with Crippen LogP contribution < -0.4 is 34.3 Å². The summed E-state index contributed by atoms with van der Waals surface area (Å²) in [7, 11) is -4.21. The minimum Gasteiger partial charge on any atom is -0.748 e. The van der Waals surface area contributed by atoms with Crippen LogP contribution in [-0.4, -0.2) is 65.0 Å². The van der Waals surface area contributed by atoms with Crippen LogP contribution in [0.1, 0.15) is 51.0 Å². The summed E-state index contributed by atoms with van der Waals surface area (Å²) in [5, 5.41) is 0. The fourth-order valence-electron chi connectivity index (χ4n) is 2.78. The number of hydrogen-bond acceptors (Lipinski definition) is 7. The van der Waals surface area contributed by atoms with E-state index in [9.17, 15) is 13.0 Å². The molecule has 0 aliphatic heterocycles. The summed E-state index contributed by atoms with van der Waals surface area (Å²) in [4.78, 5) is 0. The molecule has 1 aromatic rings. The molecule has 0 atom stereocenters. The third-order valence-corrected chi connectivity index (χ3v) is 5.13. The molecule has 0 N–H and O–H groups in total. The molecule has 0 amide bonds. The first kappa shape index (κ1) is 30.8. The smallest absolute Gasteiger partial charge is 0.748 e. The molecule has 7 nitrogen and oxygen atoms in total. The Balaban J connectivity index is 0.00000900. The van der Waals surface area contributed by atoms with E-state index in [-0.39, 0.29) is 42.8 Å². The van der Waals surface area contributed by atoms with Crippen molar-refractivity contribution in [1.29, 1.82) is 0 Å². The Labute approximate surface area is 210 Å². The Bertz CT molecular complexity index is 623. The van der Waals surface area contributed by atoms with Crippen molar-refractivity contribution in [3.8, 4) is 5.75 Å². The van der Waals surface area contributed by atoms with Crippen molar-refractivity contribution in [1.82, 2.24) is 0 Å². The van der Waals surface area contributed by atoms with Crippen molar-refractivity contribution in [2.24, 2.45) is 0 Å². The number of unbranched alkanes of at least 4 members (excludes halogenated alkanes) is 5. The van der Waals surface area contributed by atoms with Gasteiger partial charge < -0.3 is 23.5 Å². The average Bonchev–Trinajstić information content (AvgIpc) is 2.71. The van der Waals surface area contributed by atoms with E-state index in [0.29, 0.717) is 33.0 Å². The van der Waals surface area contributed by atoms with Crippen LogP contribution in [-0.2, 0) is 30.7 Å². The summed E-state index contributed by atoms with van der Waals surface area (Å²) < 4.78 is 52.5. The van der Waals surface area contributed by atoms with E-state index >= 15 is 0 Å². The first-order chi connectivity index (χ1) is 14.5. The summed E-state index contributed by atoms with van der Waals surface area (Å²) >= 11 is 0. The Kier molecular flexibility index (Phi) is 20.3. The van der Waals surface area contributed by atoms with E-state index in [4.69, 9.17) is 18.9 Å². The summed E-state index contributed by atoms with van der Waals surface area (Å²) in [6, 6.07) is 8.27. The zero-order valence-corrected chi connectivity index (χ0v) is 22.0. The van der Waals surface area contributed by atoms with Crippen molar-refractivity contribution in [2.45, 2.75) is 51.9 Å². The molecule has 0 fully saturated rings. The zero-order valence-electron chi connectivity index (χ0n) is 19.2. The number of rotatable bonds is 20. The largest absolute Gasteiger partial charge is 1.00 e. The molecule has 0 aliphatic rings. The van der Waals surface area contributed by atoms with Gasteiger partial charge in [0.15, 0.2) is 0 Å². The van der Waals surface area contributed by atoms with Gasteiger partial charge in [-0.1, -0.05) is 51.2 Å². The molecule has 0 radical (unpaired) electrons. The van der Waals surface area contributed by atoms with Crippen molar-refractivity contribution < 1.29 is 61.5 Å². The van der Waals surface area contributed by atoms with Gasteiger partial charge in [0.1, 0.15) is 12.4 Å². The number of aryl methyl sites for hydroxylation is 1. The Morgan fingerprint density at radius 2 is 1.26 bits per heavy atom. The fourth-order valence-corrected chi connectivity index (χ4v) is 3.11. The van der Waals surface area contributed by atoms with E-state index in [1.165, 1.54) is 44.1 Å². The van der Waals surface area contributed by atoms with Crippen molar-refractivity contribution in [3.63, 3.8) is 0 Å². The molecular weight excluding hydrogens is 431 g/mol. The molecule has 0 unspecified atom stereocenters. The van der Waals surface area contributed by atoms with Gasteiger partial charge in [-0.3, -0.25) is 0 Å². The summed E-state index contributed by atoms with van der Waals surface area (Å²) in [5.41, 5.74) is 1.35. The van der Waals surface area contributed by atoms with Crippen LogP contribution in [0.3, 0.4) is 0 Å². The predicted octanol–water partition coefficient (Wildman–Crippen LogP) is 0.567. The van der Waals surface area contributed by atoms with Crippen LogP contribution in [0.5, 0.6) is 5.75 Å². The van der Waals surface area contributed by atoms with Crippen LogP contribution in [0.15, 0.2) is 24.3 Å². The Hall–Kier alpha value is -0.190. The quantitative estimate of drug-likeness (QED) is 0.157. The minimum absolute atomic E-state index is 0. The number of hydrogen-bond donors (Lipinski definition) is 0. The zero-order chi connectivity index (χ0) is 21.9.